The summed E-state index contributed by atoms with van der Waals surface area (Å²) in [5.41, 5.74) is 1.31. The summed E-state index contributed by atoms with van der Waals surface area (Å²) in [7, 11) is 1.80. The number of carbonyl (C=O) groups excluding carboxylic acids is 3. The Hall–Kier alpha value is -2.16. The molecular weight excluding hydrogens is 591 g/mol. The molecule has 2 aliphatic heterocycles. The highest BCUT2D eigenvalue weighted by atomic mass is 79.9. The van der Waals surface area contributed by atoms with Crippen LogP contribution in [0.15, 0.2) is 41.0 Å². The number of rotatable bonds is 5. The number of halogens is 3. The van der Waals surface area contributed by atoms with E-state index in [2.05, 4.69) is 20.9 Å². The maximum absolute atomic E-state index is 13.6. The molecule has 7 nitrogen and oxygen atoms in total. The van der Waals surface area contributed by atoms with Crippen LogP contribution in [-0.2, 0) is 9.59 Å². The fraction of sp³-hybridized carbons (Fsp3) is 0.500. The molecule has 2 aromatic rings. The molecule has 0 N–H and O–H groups in total. The molecule has 1 saturated carbocycles. The van der Waals surface area contributed by atoms with Crippen molar-refractivity contribution < 1.29 is 14.4 Å². The molecule has 1 aromatic heterocycles. The molecule has 0 spiro atoms. The standard InChI is InChI=1S/C28H31BrCl2N4O3/c1-33(28(38)24-7-5-20(29)15-32-24)25-10-13-35(16-21(25)19-4-6-22(30)23(31)14-19)27(37)18-8-11-34(12-9-18)26(36)17-2-3-17/h4-7,14-15,17-18,21,25H,2-3,8-13,16H2,1H3/t21-,25+/m0/s1. The minimum Gasteiger partial charge on any atom is -0.342 e. The van der Waals surface area contributed by atoms with Gasteiger partial charge in [0.2, 0.25) is 11.8 Å². The summed E-state index contributed by atoms with van der Waals surface area (Å²) in [6.07, 6.45) is 5.64. The molecule has 3 heterocycles. The first-order valence-corrected chi connectivity index (χ1v) is 14.7. The summed E-state index contributed by atoms with van der Waals surface area (Å²) < 4.78 is 0.806. The molecule has 0 bridgehead atoms. The fourth-order valence-corrected chi connectivity index (χ4v) is 6.24. The molecule has 3 amide bonds. The van der Waals surface area contributed by atoms with E-state index in [0.717, 1.165) is 22.9 Å². The number of benzene rings is 1. The fourth-order valence-electron chi connectivity index (χ4n) is 5.70. The van der Waals surface area contributed by atoms with Gasteiger partial charge in [0.1, 0.15) is 5.69 Å². The zero-order valence-electron chi connectivity index (χ0n) is 21.3. The number of carbonyl (C=O) groups is 3. The lowest BCUT2D eigenvalue weighted by Gasteiger charge is -2.44. The molecule has 5 rings (SSSR count). The second kappa shape index (κ2) is 11.5. The van der Waals surface area contributed by atoms with Crippen LogP contribution in [0.3, 0.4) is 0 Å². The maximum Gasteiger partial charge on any atom is 0.272 e. The van der Waals surface area contributed by atoms with Gasteiger partial charge >= 0.3 is 0 Å². The van der Waals surface area contributed by atoms with Gasteiger partial charge in [-0.2, -0.15) is 0 Å². The van der Waals surface area contributed by atoms with Gasteiger partial charge in [-0.15, -0.1) is 0 Å². The predicted molar refractivity (Wildman–Crippen MR) is 150 cm³/mol. The van der Waals surface area contributed by atoms with Crippen LogP contribution in [0.25, 0.3) is 0 Å². The van der Waals surface area contributed by atoms with E-state index in [4.69, 9.17) is 23.2 Å². The molecule has 2 saturated heterocycles. The molecule has 0 radical (unpaired) electrons. The lowest BCUT2D eigenvalue weighted by atomic mass is 9.84. The Kier molecular flexibility index (Phi) is 8.31. The number of piperidine rings is 2. The molecule has 3 aliphatic rings. The zero-order chi connectivity index (χ0) is 27.0. The van der Waals surface area contributed by atoms with Crippen LogP contribution in [0.5, 0.6) is 0 Å². The van der Waals surface area contributed by atoms with E-state index in [1.54, 1.807) is 36.3 Å². The number of hydrogen-bond acceptors (Lipinski definition) is 4. The van der Waals surface area contributed by atoms with Crippen LogP contribution in [0.1, 0.15) is 54.1 Å². The number of likely N-dealkylation sites (N-methyl/N-ethyl adjacent to an activating group) is 1. The first-order chi connectivity index (χ1) is 18.2. The SMILES string of the molecule is CN(C(=O)c1ccc(Br)cn1)[C@@H]1CCN(C(=O)C2CCN(C(=O)C3CC3)CC2)C[C@H]1c1ccc(Cl)c(Cl)c1. The predicted octanol–water partition coefficient (Wildman–Crippen LogP) is 5.26. The van der Waals surface area contributed by atoms with E-state index in [-0.39, 0.29) is 41.5 Å². The third-order valence-electron chi connectivity index (χ3n) is 8.11. The molecule has 202 valence electrons. The molecule has 10 heteroatoms. The van der Waals surface area contributed by atoms with Gasteiger partial charge in [-0.25, -0.2) is 4.98 Å². The van der Waals surface area contributed by atoms with Gasteiger partial charge in [0.05, 0.1) is 10.0 Å². The first kappa shape index (κ1) is 27.4. The maximum atomic E-state index is 13.6. The van der Waals surface area contributed by atoms with Crippen molar-refractivity contribution in [1.82, 2.24) is 19.7 Å². The van der Waals surface area contributed by atoms with E-state index in [1.807, 2.05) is 21.9 Å². The number of aromatic nitrogens is 1. The number of amides is 3. The van der Waals surface area contributed by atoms with Crippen molar-refractivity contribution in [2.75, 3.05) is 33.2 Å². The quantitative estimate of drug-likeness (QED) is 0.457. The van der Waals surface area contributed by atoms with Crippen molar-refractivity contribution in [2.24, 2.45) is 11.8 Å². The van der Waals surface area contributed by atoms with E-state index >= 15 is 0 Å². The lowest BCUT2D eigenvalue weighted by Crippen LogP contribution is -2.53. The third kappa shape index (κ3) is 5.87. The summed E-state index contributed by atoms with van der Waals surface area (Å²) in [5.74, 6) is 0.208. The van der Waals surface area contributed by atoms with E-state index in [0.29, 0.717) is 61.2 Å². The van der Waals surface area contributed by atoms with Crippen molar-refractivity contribution in [3.8, 4) is 0 Å². The number of likely N-dealkylation sites (tertiary alicyclic amines) is 2. The van der Waals surface area contributed by atoms with Gasteiger partial charge < -0.3 is 14.7 Å². The summed E-state index contributed by atoms with van der Waals surface area (Å²) >= 11 is 15.9. The van der Waals surface area contributed by atoms with Gasteiger partial charge in [-0.05, 0) is 77.9 Å². The molecule has 0 unspecified atom stereocenters. The third-order valence-corrected chi connectivity index (χ3v) is 9.31. The normalized spacial score (nSPS) is 22.3. The minimum absolute atomic E-state index is 0.0874. The molecule has 2 atom stereocenters. The molecule has 3 fully saturated rings. The van der Waals surface area contributed by atoms with Gasteiger partial charge in [0.25, 0.3) is 5.91 Å². The van der Waals surface area contributed by atoms with Gasteiger partial charge in [-0.3, -0.25) is 14.4 Å². The van der Waals surface area contributed by atoms with E-state index in [1.165, 1.54) is 0 Å². The average molecular weight is 622 g/mol. The first-order valence-electron chi connectivity index (χ1n) is 13.1. The van der Waals surface area contributed by atoms with E-state index < -0.39 is 0 Å². The van der Waals surface area contributed by atoms with E-state index in [9.17, 15) is 14.4 Å². The molecule has 1 aromatic carbocycles. The van der Waals surface area contributed by atoms with Crippen molar-refractivity contribution in [3.63, 3.8) is 0 Å². The zero-order valence-corrected chi connectivity index (χ0v) is 24.4. The Balaban J connectivity index is 1.32. The van der Waals surface area contributed by atoms with Gasteiger partial charge in [0.15, 0.2) is 0 Å². The second-order valence-corrected chi connectivity index (χ2v) is 12.3. The van der Waals surface area contributed by atoms with Crippen molar-refractivity contribution >= 4 is 56.9 Å². The Bertz CT molecular complexity index is 1220. The van der Waals surface area contributed by atoms with Crippen LogP contribution >= 0.6 is 39.1 Å². The monoisotopic (exact) mass is 620 g/mol. The summed E-state index contributed by atoms with van der Waals surface area (Å²) in [5, 5.41) is 0.911. The number of nitrogens with zero attached hydrogens (tertiary/aromatic N) is 4. The second-order valence-electron chi connectivity index (χ2n) is 10.6. The Labute approximate surface area is 241 Å². The summed E-state index contributed by atoms with van der Waals surface area (Å²) in [6, 6.07) is 8.89. The van der Waals surface area contributed by atoms with Crippen LogP contribution in [0.4, 0.5) is 0 Å². The van der Waals surface area contributed by atoms with Gasteiger partial charge in [-0.1, -0.05) is 29.3 Å². The number of pyridine rings is 1. The summed E-state index contributed by atoms with van der Waals surface area (Å²) in [4.78, 5) is 49.3. The molecule has 38 heavy (non-hydrogen) atoms. The lowest BCUT2D eigenvalue weighted by molar-refractivity contribution is -0.142. The topological polar surface area (TPSA) is 73.8 Å². The Morgan fingerprint density at radius 1 is 0.895 bits per heavy atom. The van der Waals surface area contributed by atoms with Crippen LogP contribution in [-0.4, -0.2) is 76.7 Å². The number of hydrogen-bond donors (Lipinski definition) is 0. The van der Waals surface area contributed by atoms with Crippen molar-refractivity contribution in [3.05, 3.63) is 62.3 Å². The van der Waals surface area contributed by atoms with Crippen molar-refractivity contribution in [1.29, 1.82) is 0 Å². The van der Waals surface area contributed by atoms with Crippen molar-refractivity contribution in [2.45, 2.75) is 44.1 Å². The summed E-state index contributed by atoms with van der Waals surface area (Å²) in [6.45, 7) is 2.34. The van der Waals surface area contributed by atoms with Crippen LogP contribution in [0, 0.1) is 11.8 Å². The van der Waals surface area contributed by atoms with Crippen LogP contribution < -0.4 is 0 Å². The van der Waals surface area contributed by atoms with Crippen LogP contribution in [0.2, 0.25) is 10.0 Å². The average Bonchev–Trinajstić information content (AvgIpc) is 3.79. The molecular formula is C28H31BrCl2N4O3. The van der Waals surface area contributed by atoms with Gasteiger partial charge in [0, 0.05) is 67.7 Å². The highest BCUT2D eigenvalue weighted by molar-refractivity contribution is 9.10. The highest BCUT2D eigenvalue weighted by Crippen LogP contribution is 2.36. The largest absolute Gasteiger partial charge is 0.342 e. The highest BCUT2D eigenvalue weighted by Gasteiger charge is 2.40. The Morgan fingerprint density at radius 2 is 1.55 bits per heavy atom. The minimum atomic E-state index is -0.167. The molecule has 1 aliphatic carbocycles. The Morgan fingerprint density at radius 3 is 2.18 bits per heavy atom. The smallest absolute Gasteiger partial charge is 0.272 e.